The molecular weight excluding hydrogens is 449 g/mol. The van der Waals surface area contributed by atoms with Gasteiger partial charge in [0.1, 0.15) is 5.82 Å². The summed E-state index contributed by atoms with van der Waals surface area (Å²) >= 11 is 0. The molecule has 2 aromatic rings. The van der Waals surface area contributed by atoms with Crippen LogP contribution in [0.3, 0.4) is 0 Å². The molecule has 0 saturated carbocycles. The van der Waals surface area contributed by atoms with Gasteiger partial charge in [-0.25, -0.2) is 18.0 Å². The van der Waals surface area contributed by atoms with E-state index in [4.69, 9.17) is 5.73 Å². The van der Waals surface area contributed by atoms with Crippen molar-refractivity contribution in [1.29, 1.82) is 0 Å². The van der Waals surface area contributed by atoms with Crippen molar-refractivity contribution in [2.75, 3.05) is 18.4 Å². The maximum Gasteiger partial charge on any atom is 0.322 e. The van der Waals surface area contributed by atoms with Gasteiger partial charge < -0.3 is 20.9 Å². The third kappa shape index (κ3) is 4.91. The Balaban J connectivity index is 1.31. The first-order valence-corrected chi connectivity index (χ1v) is 11.0. The van der Waals surface area contributed by atoms with Gasteiger partial charge in [-0.2, -0.15) is 0 Å². The number of nitrogens with two attached hydrogens (primary N) is 1. The minimum absolute atomic E-state index is 0.0777. The van der Waals surface area contributed by atoms with E-state index in [1.807, 2.05) is 0 Å². The Labute approximate surface area is 194 Å². The van der Waals surface area contributed by atoms with Crippen molar-refractivity contribution in [3.8, 4) is 0 Å². The van der Waals surface area contributed by atoms with Crippen LogP contribution in [0.1, 0.15) is 35.7 Å². The molecule has 2 bridgehead atoms. The minimum Gasteiger partial charge on any atom is -0.336 e. The van der Waals surface area contributed by atoms with Crippen molar-refractivity contribution in [3.63, 3.8) is 0 Å². The third-order valence-corrected chi connectivity index (χ3v) is 6.35. The number of anilines is 1. The largest absolute Gasteiger partial charge is 0.336 e. The number of likely N-dealkylation sites (tertiary alicyclic amines) is 2. The lowest BCUT2D eigenvalue weighted by molar-refractivity contribution is -0.133. The number of piperazine rings is 1. The summed E-state index contributed by atoms with van der Waals surface area (Å²) in [7, 11) is 0. The Morgan fingerprint density at radius 2 is 1.71 bits per heavy atom. The van der Waals surface area contributed by atoms with Crippen molar-refractivity contribution in [2.24, 2.45) is 5.73 Å². The predicted molar refractivity (Wildman–Crippen MR) is 119 cm³/mol. The van der Waals surface area contributed by atoms with Gasteiger partial charge in [0, 0.05) is 42.9 Å². The van der Waals surface area contributed by atoms with Crippen molar-refractivity contribution >= 4 is 23.4 Å². The molecule has 0 radical (unpaired) electrons. The number of benzene rings is 2. The zero-order valence-corrected chi connectivity index (χ0v) is 18.6. The van der Waals surface area contributed by atoms with Crippen LogP contribution in [-0.4, -0.2) is 58.7 Å². The molecule has 2 aliphatic rings. The molecule has 2 aliphatic heterocycles. The maximum absolute atomic E-state index is 13.9. The van der Waals surface area contributed by atoms with Crippen LogP contribution in [0.25, 0.3) is 0 Å². The molecule has 2 saturated heterocycles. The summed E-state index contributed by atoms with van der Waals surface area (Å²) in [6.07, 6.45) is 0.454. The summed E-state index contributed by atoms with van der Waals surface area (Å²) in [6, 6.07) is 6.54. The Kier molecular flexibility index (Phi) is 6.60. The molecule has 3 N–H and O–H groups in total. The van der Waals surface area contributed by atoms with Crippen molar-refractivity contribution in [3.05, 3.63) is 65.0 Å². The van der Waals surface area contributed by atoms with Crippen LogP contribution in [0.15, 0.2) is 36.4 Å². The first-order chi connectivity index (χ1) is 16.1. The van der Waals surface area contributed by atoms with E-state index in [9.17, 15) is 27.6 Å². The van der Waals surface area contributed by atoms with Gasteiger partial charge in [-0.3, -0.25) is 9.59 Å². The van der Waals surface area contributed by atoms with Gasteiger partial charge in [-0.1, -0.05) is 12.1 Å². The molecule has 3 amide bonds. The third-order valence-electron chi connectivity index (χ3n) is 6.35. The summed E-state index contributed by atoms with van der Waals surface area (Å²) in [6.45, 7) is 2.17. The van der Waals surface area contributed by atoms with Gasteiger partial charge >= 0.3 is 6.03 Å². The second-order valence-corrected chi connectivity index (χ2v) is 8.84. The number of carbonyl (C=O) groups excluding carboxylic acids is 3. The van der Waals surface area contributed by atoms with Crippen LogP contribution in [0.2, 0.25) is 0 Å². The highest BCUT2D eigenvalue weighted by molar-refractivity contribution is 5.97. The fraction of sp³-hybridized carbons (Fsp3) is 0.375. The predicted octanol–water partition coefficient (Wildman–Crippen LogP) is 3.08. The Morgan fingerprint density at radius 1 is 1.03 bits per heavy atom. The molecule has 2 aromatic carbocycles. The van der Waals surface area contributed by atoms with Crippen LogP contribution in [0.4, 0.5) is 23.7 Å². The smallest absolute Gasteiger partial charge is 0.322 e. The molecule has 2 unspecified atom stereocenters. The summed E-state index contributed by atoms with van der Waals surface area (Å²) in [5, 5.41) is 2.80. The molecule has 4 rings (SSSR count). The monoisotopic (exact) mass is 474 g/mol. The molecule has 0 spiro atoms. The molecule has 7 nitrogen and oxygen atoms in total. The number of amides is 3. The number of ketones is 1. The highest BCUT2D eigenvalue weighted by Gasteiger charge is 2.47. The Bertz CT molecular complexity index is 1140. The number of rotatable bonds is 6. The van der Waals surface area contributed by atoms with E-state index in [1.165, 1.54) is 6.92 Å². The van der Waals surface area contributed by atoms with E-state index in [-0.39, 0.29) is 48.2 Å². The van der Waals surface area contributed by atoms with E-state index in [0.717, 1.165) is 6.07 Å². The molecule has 10 heteroatoms. The first kappa shape index (κ1) is 23.7. The number of carbonyl (C=O) groups is 3. The molecule has 0 aliphatic carbocycles. The average Bonchev–Trinajstić information content (AvgIpc) is 3.39. The lowest BCUT2D eigenvalue weighted by Crippen LogP contribution is -2.52. The number of hydrogen-bond donors (Lipinski definition) is 2. The van der Waals surface area contributed by atoms with Crippen LogP contribution >= 0.6 is 0 Å². The zero-order chi connectivity index (χ0) is 24.6. The SMILES string of the molecule is CC(=O)c1cccc(NC(=O)N2CC3CC2CN3C(=O)C[C@H](N)Cc2cc(F)c(F)cc2F)c1. The van der Waals surface area contributed by atoms with Gasteiger partial charge in [0.05, 0.1) is 12.1 Å². The normalized spacial score (nSPS) is 19.9. The van der Waals surface area contributed by atoms with Crippen LogP contribution in [-0.2, 0) is 11.2 Å². The lowest BCUT2D eigenvalue weighted by Gasteiger charge is -2.34. The fourth-order valence-electron chi connectivity index (χ4n) is 4.65. The van der Waals surface area contributed by atoms with Gasteiger partial charge in [0.15, 0.2) is 17.4 Å². The van der Waals surface area contributed by atoms with Crippen molar-refractivity contribution in [2.45, 2.75) is 44.3 Å². The van der Waals surface area contributed by atoms with Crippen LogP contribution < -0.4 is 11.1 Å². The van der Waals surface area contributed by atoms with Crippen molar-refractivity contribution in [1.82, 2.24) is 9.80 Å². The standard InChI is InChI=1S/C24H25F3N4O3/c1-13(32)14-3-2-4-17(6-14)29-24(34)31-12-18-9-19(31)11-30(18)23(33)8-16(28)5-15-7-21(26)22(27)10-20(15)25/h2-4,6-7,10,16,18-19H,5,8-9,11-12,28H2,1H3,(H,29,34)/t16-,18?,19?/m1/s1. The van der Waals surface area contributed by atoms with E-state index >= 15 is 0 Å². The Hall–Kier alpha value is -3.40. The molecule has 0 aromatic heterocycles. The molecular formula is C24H25F3N4O3. The lowest BCUT2D eigenvalue weighted by atomic mass is 10.0. The topological polar surface area (TPSA) is 95.7 Å². The van der Waals surface area contributed by atoms with Crippen LogP contribution in [0.5, 0.6) is 0 Å². The molecule has 2 fully saturated rings. The average molecular weight is 474 g/mol. The quantitative estimate of drug-likeness (QED) is 0.497. The minimum atomic E-state index is -1.28. The number of urea groups is 1. The number of nitrogens with zero attached hydrogens (tertiary/aromatic N) is 2. The highest BCUT2D eigenvalue weighted by atomic mass is 19.2. The first-order valence-electron chi connectivity index (χ1n) is 11.0. The second kappa shape index (κ2) is 9.46. The number of Topliss-reactive ketones (excluding diaryl/α,β-unsaturated/α-hetero) is 1. The zero-order valence-electron chi connectivity index (χ0n) is 18.6. The number of nitrogens with one attached hydrogen (secondary N) is 1. The molecule has 2 heterocycles. The highest BCUT2D eigenvalue weighted by Crippen LogP contribution is 2.32. The van der Waals surface area contributed by atoms with Crippen molar-refractivity contribution < 1.29 is 27.6 Å². The van der Waals surface area contributed by atoms with E-state index < -0.39 is 23.5 Å². The van der Waals surface area contributed by atoms with E-state index in [1.54, 1.807) is 34.1 Å². The second-order valence-electron chi connectivity index (χ2n) is 8.84. The van der Waals surface area contributed by atoms with Gasteiger partial charge in [0.2, 0.25) is 5.91 Å². The van der Waals surface area contributed by atoms with Gasteiger partial charge in [0.25, 0.3) is 0 Å². The van der Waals surface area contributed by atoms with E-state index in [0.29, 0.717) is 36.8 Å². The molecule has 180 valence electrons. The van der Waals surface area contributed by atoms with E-state index in [2.05, 4.69) is 5.32 Å². The maximum atomic E-state index is 13.9. The molecule has 34 heavy (non-hydrogen) atoms. The van der Waals surface area contributed by atoms with Gasteiger partial charge in [-0.05, 0) is 43.5 Å². The summed E-state index contributed by atoms with van der Waals surface area (Å²) in [4.78, 5) is 40.4. The molecule has 3 atom stereocenters. The van der Waals surface area contributed by atoms with Crippen LogP contribution in [0, 0.1) is 17.5 Å². The Morgan fingerprint density at radius 3 is 2.38 bits per heavy atom. The van der Waals surface area contributed by atoms with Gasteiger partial charge in [-0.15, -0.1) is 0 Å². The summed E-state index contributed by atoms with van der Waals surface area (Å²) < 4.78 is 40.4. The summed E-state index contributed by atoms with van der Waals surface area (Å²) in [5.41, 5.74) is 6.93. The fourth-order valence-corrected chi connectivity index (χ4v) is 4.65. The summed E-state index contributed by atoms with van der Waals surface area (Å²) in [5.74, 6) is -3.68. The number of hydrogen-bond acceptors (Lipinski definition) is 4. The number of fused-ring (bicyclic) bond motifs is 2. The number of halogens is 3.